The molecule has 1 heterocycles. The van der Waals surface area contributed by atoms with Crippen molar-refractivity contribution in [3.8, 4) is 28.5 Å². The van der Waals surface area contributed by atoms with Gasteiger partial charge in [-0.15, -0.1) is 0 Å². The molecule has 0 fully saturated rings. The molecule has 3 aromatic carbocycles. The first-order valence-electron chi connectivity index (χ1n) is 14.4. The van der Waals surface area contributed by atoms with Gasteiger partial charge in [-0.25, -0.2) is 0 Å². The number of hydrogen-bond donors (Lipinski definition) is 0. The van der Waals surface area contributed by atoms with E-state index >= 15 is 0 Å². The van der Waals surface area contributed by atoms with Crippen LogP contribution in [0.5, 0.6) is 17.2 Å². The first-order valence-corrected chi connectivity index (χ1v) is 14.4. The lowest BCUT2D eigenvalue weighted by atomic mass is 10.1. The summed E-state index contributed by atoms with van der Waals surface area (Å²) in [5.41, 5.74) is 6.11. The largest absolute Gasteiger partial charge is 0.494 e. The number of ether oxygens (including phenoxy) is 3. The molecule has 0 aliphatic carbocycles. The van der Waals surface area contributed by atoms with E-state index in [1.54, 1.807) is 0 Å². The molecule has 0 spiro atoms. The second-order valence-corrected chi connectivity index (χ2v) is 10.5. The van der Waals surface area contributed by atoms with Gasteiger partial charge in [0.25, 0.3) is 0 Å². The predicted molar refractivity (Wildman–Crippen MR) is 163 cm³/mol. The second kappa shape index (κ2) is 14.1. The van der Waals surface area contributed by atoms with E-state index in [0.717, 1.165) is 69.2 Å². The van der Waals surface area contributed by atoms with Gasteiger partial charge < -0.3 is 23.7 Å². The molecule has 1 aromatic heterocycles. The zero-order chi connectivity index (χ0) is 27.6. The van der Waals surface area contributed by atoms with Crippen molar-refractivity contribution in [1.29, 1.82) is 0 Å². The van der Waals surface area contributed by atoms with Gasteiger partial charge in [0.1, 0.15) is 23.9 Å². The molecule has 4 rings (SSSR count). The van der Waals surface area contributed by atoms with Gasteiger partial charge in [-0.3, -0.25) is 0 Å². The summed E-state index contributed by atoms with van der Waals surface area (Å²) in [6.45, 7) is 10.4. The van der Waals surface area contributed by atoms with E-state index in [1.807, 2.05) is 0 Å². The minimum Gasteiger partial charge on any atom is -0.494 e. The fraction of sp³-hybridized carbons (Fsp3) is 0.412. The number of hydrogen-bond acceptors (Lipinski definition) is 4. The van der Waals surface area contributed by atoms with Crippen molar-refractivity contribution in [2.45, 2.75) is 53.0 Å². The quantitative estimate of drug-likeness (QED) is 0.147. The Labute approximate surface area is 234 Å². The highest BCUT2D eigenvalue weighted by molar-refractivity contribution is 5.92. The molecule has 0 aliphatic rings. The third-order valence-corrected chi connectivity index (χ3v) is 7.02. The number of likely N-dealkylation sites (N-methyl/N-ethyl adjacent to an activating group) is 1. The van der Waals surface area contributed by atoms with Crippen molar-refractivity contribution >= 4 is 10.9 Å². The molecule has 0 N–H and O–H groups in total. The van der Waals surface area contributed by atoms with Gasteiger partial charge >= 0.3 is 0 Å². The van der Waals surface area contributed by atoms with E-state index in [2.05, 4.69) is 111 Å². The highest BCUT2D eigenvalue weighted by Crippen LogP contribution is 2.36. The van der Waals surface area contributed by atoms with Gasteiger partial charge in [-0.2, -0.15) is 0 Å². The number of benzene rings is 3. The van der Waals surface area contributed by atoms with Crippen LogP contribution in [0.15, 0.2) is 66.7 Å². The smallest absolute Gasteiger partial charge is 0.120 e. The molecule has 0 aliphatic heterocycles. The maximum Gasteiger partial charge on any atom is 0.120 e. The van der Waals surface area contributed by atoms with Gasteiger partial charge in [0.05, 0.1) is 18.9 Å². The van der Waals surface area contributed by atoms with Crippen molar-refractivity contribution in [1.82, 2.24) is 9.47 Å². The fourth-order valence-electron chi connectivity index (χ4n) is 4.73. The van der Waals surface area contributed by atoms with Crippen LogP contribution in [0, 0.1) is 6.92 Å². The number of aromatic nitrogens is 1. The van der Waals surface area contributed by atoms with Crippen molar-refractivity contribution in [2.75, 3.05) is 40.5 Å². The van der Waals surface area contributed by atoms with Gasteiger partial charge in [-0.1, -0.05) is 38.8 Å². The van der Waals surface area contributed by atoms with Gasteiger partial charge in [0, 0.05) is 24.0 Å². The van der Waals surface area contributed by atoms with Crippen LogP contribution in [0.1, 0.15) is 50.7 Å². The Bertz CT molecular complexity index is 1310. The molecule has 4 aromatic rings. The van der Waals surface area contributed by atoms with Crippen LogP contribution in [-0.4, -0.2) is 49.9 Å². The second-order valence-electron chi connectivity index (χ2n) is 10.5. The molecular formula is C34H44N2O3. The van der Waals surface area contributed by atoms with Crippen molar-refractivity contribution in [3.63, 3.8) is 0 Å². The Morgan fingerprint density at radius 3 is 1.87 bits per heavy atom. The average molecular weight is 529 g/mol. The first kappa shape index (κ1) is 28.6. The molecule has 0 amide bonds. The van der Waals surface area contributed by atoms with Crippen LogP contribution in [0.4, 0.5) is 0 Å². The Morgan fingerprint density at radius 2 is 1.26 bits per heavy atom. The van der Waals surface area contributed by atoms with Gasteiger partial charge in [0.2, 0.25) is 0 Å². The molecule has 0 saturated carbocycles. The minimum absolute atomic E-state index is 0.679. The van der Waals surface area contributed by atoms with Crippen LogP contribution in [0.3, 0.4) is 0 Å². The van der Waals surface area contributed by atoms with Crippen molar-refractivity contribution < 1.29 is 14.2 Å². The number of aryl methyl sites for hydroxylation is 1. The molecule has 5 nitrogen and oxygen atoms in total. The van der Waals surface area contributed by atoms with Crippen LogP contribution in [0.25, 0.3) is 22.2 Å². The van der Waals surface area contributed by atoms with Crippen LogP contribution >= 0.6 is 0 Å². The zero-order valence-electron chi connectivity index (χ0n) is 24.3. The Hall–Kier alpha value is -3.44. The maximum absolute atomic E-state index is 6.06. The molecule has 0 radical (unpaired) electrons. The van der Waals surface area contributed by atoms with E-state index in [9.17, 15) is 0 Å². The van der Waals surface area contributed by atoms with Crippen LogP contribution in [-0.2, 0) is 6.54 Å². The predicted octanol–water partition coefficient (Wildman–Crippen LogP) is 7.96. The lowest BCUT2D eigenvalue weighted by Crippen LogP contribution is -2.19. The molecule has 5 heteroatoms. The highest BCUT2D eigenvalue weighted by Gasteiger charge is 2.17. The standard InChI is InChI=1S/C34H44N2O3/c1-6-8-21-37-30-16-12-28(13-17-30)34-26(3)32-24-31(38-22-9-7-2)18-19-33(32)36(34)25-27-10-14-29(15-11-27)39-23-20-35(4)5/h10-19,24H,6-9,20-23,25H2,1-5H3. The van der Waals surface area contributed by atoms with Crippen molar-refractivity contribution in [2.24, 2.45) is 0 Å². The van der Waals surface area contributed by atoms with E-state index in [0.29, 0.717) is 6.61 Å². The monoisotopic (exact) mass is 528 g/mol. The number of fused-ring (bicyclic) bond motifs is 1. The van der Waals surface area contributed by atoms with Crippen LogP contribution < -0.4 is 14.2 Å². The molecule has 39 heavy (non-hydrogen) atoms. The third-order valence-electron chi connectivity index (χ3n) is 7.02. The normalized spacial score (nSPS) is 11.3. The summed E-state index contributed by atoms with van der Waals surface area (Å²) >= 11 is 0. The summed E-state index contributed by atoms with van der Waals surface area (Å²) in [6.07, 6.45) is 4.38. The minimum atomic E-state index is 0.679. The van der Waals surface area contributed by atoms with Gasteiger partial charge in [0.15, 0.2) is 0 Å². The first-order chi connectivity index (χ1) is 19.0. The van der Waals surface area contributed by atoms with E-state index in [1.165, 1.54) is 33.3 Å². The molecular weight excluding hydrogens is 484 g/mol. The number of rotatable bonds is 15. The average Bonchev–Trinajstić information content (AvgIpc) is 3.20. The topological polar surface area (TPSA) is 35.9 Å². The Kier molecular flexibility index (Phi) is 10.3. The Balaban J connectivity index is 1.65. The molecule has 0 unspecified atom stereocenters. The van der Waals surface area contributed by atoms with Crippen molar-refractivity contribution in [3.05, 3.63) is 77.9 Å². The number of unbranched alkanes of at least 4 members (excludes halogenated alkanes) is 2. The lowest BCUT2D eigenvalue weighted by molar-refractivity contribution is 0.261. The third kappa shape index (κ3) is 7.57. The number of nitrogens with zero attached hydrogens (tertiary/aromatic N) is 2. The fourth-order valence-corrected chi connectivity index (χ4v) is 4.73. The van der Waals surface area contributed by atoms with E-state index < -0.39 is 0 Å². The summed E-state index contributed by atoms with van der Waals surface area (Å²) in [4.78, 5) is 2.12. The zero-order valence-corrected chi connectivity index (χ0v) is 24.3. The summed E-state index contributed by atoms with van der Waals surface area (Å²) < 4.78 is 20.3. The maximum atomic E-state index is 6.06. The summed E-state index contributed by atoms with van der Waals surface area (Å²) in [7, 11) is 4.11. The van der Waals surface area contributed by atoms with E-state index in [4.69, 9.17) is 14.2 Å². The summed E-state index contributed by atoms with van der Waals surface area (Å²) in [5.74, 6) is 2.76. The lowest BCUT2D eigenvalue weighted by Gasteiger charge is -2.14. The molecule has 0 saturated heterocycles. The summed E-state index contributed by atoms with van der Waals surface area (Å²) in [5, 5.41) is 1.23. The molecule has 0 bridgehead atoms. The molecule has 0 atom stereocenters. The van der Waals surface area contributed by atoms with E-state index in [-0.39, 0.29) is 0 Å². The Morgan fingerprint density at radius 1 is 0.692 bits per heavy atom. The molecule has 208 valence electrons. The highest BCUT2D eigenvalue weighted by atomic mass is 16.5. The van der Waals surface area contributed by atoms with Crippen LogP contribution in [0.2, 0.25) is 0 Å². The van der Waals surface area contributed by atoms with Gasteiger partial charge in [-0.05, 0) is 105 Å². The SMILES string of the molecule is CCCCOc1ccc(-c2c(C)c3cc(OCCCC)ccc3n2Cc2ccc(OCCN(C)C)cc2)cc1. The summed E-state index contributed by atoms with van der Waals surface area (Å²) in [6, 6.07) is 23.5.